The molecule has 0 aromatic carbocycles. The zero-order chi connectivity index (χ0) is 15.5. The van der Waals surface area contributed by atoms with E-state index in [4.69, 9.17) is 15.4 Å². The van der Waals surface area contributed by atoms with Crippen LogP contribution in [-0.2, 0) is 4.79 Å². The number of fused-ring (bicyclic) bond motifs is 1. The van der Waals surface area contributed by atoms with Crippen molar-refractivity contribution in [2.45, 2.75) is 0 Å². The molecule has 0 aliphatic heterocycles. The van der Waals surface area contributed by atoms with E-state index in [1.807, 2.05) is 12.1 Å². The summed E-state index contributed by atoms with van der Waals surface area (Å²) in [5.41, 5.74) is 6.42. The summed E-state index contributed by atoms with van der Waals surface area (Å²) in [6.45, 7) is 0. The lowest BCUT2D eigenvalue weighted by Crippen LogP contribution is -2.12. The van der Waals surface area contributed by atoms with Crippen molar-refractivity contribution in [3.05, 3.63) is 54.2 Å². The number of hydrogen-bond acceptors (Lipinski definition) is 5. The van der Waals surface area contributed by atoms with Crippen molar-refractivity contribution < 1.29 is 9.21 Å². The predicted octanol–water partition coefficient (Wildman–Crippen LogP) is 2.28. The number of nitrogens with zero attached hydrogens (tertiary/aromatic N) is 3. The molecule has 6 nitrogen and oxygen atoms in total. The fourth-order valence-electron chi connectivity index (χ4n) is 2.06. The Morgan fingerprint density at radius 3 is 2.95 bits per heavy atom. The van der Waals surface area contributed by atoms with Gasteiger partial charge in [0, 0.05) is 30.1 Å². The Morgan fingerprint density at radius 1 is 1.32 bits per heavy atom. The minimum absolute atomic E-state index is 0.171. The quantitative estimate of drug-likeness (QED) is 0.588. The molecule has 0 atom stereocenters. The normalized spacial score (nSPS) is 11.3. The van der Waals surface area contributed by atoms with Crippen LogP contribution in [0.1, 0.15) is 5.76 Å². The molecule has 2 N–H and O–H groups in total. The first kappa shape index (κ1) is 13.5. The summed E-state index contributed by atoms with van der Waals surface area (Å²) in [6.07, 6.45) is 6.37. The standard InChI is InChI=1S/C16H10N4O2/c17-7-11(16(18)21)6-12-3-4-14(22-12)13-9-19-8-10-2-1-5-20-15(10)13/h1-6,8-9H,(H2,18,21)/b11-6+. The lowest BCUT2D eigenvalue weighted by atomic mass is 10.1. The van der Waals surface area contributed by atoms with Gasteiger partial charge in [-0.3, -0.25) is 14.8 Å². The molecular formula is C16H10N4O2. The van der Waals surface area contributed by atoms with Crippen LogP contribution in [0.25, 0.3) is 28.3 Å². The van der Waals surface area contributed by atoms with E-state index in [-0.39, 0.29) is 5.57 Å². The summed E-state index contributed by atoms with van der Waals surface area (Å²) in [4.78, 5) is 19.5. The van der Waals surface area contributed by atoms with Crippen LogP contribution in [0.3, 0.4) is 0 Å². The van der Waals surface area contributed by atoms with Crippen molar-refractivity contribution >= 4 is 22.9 Å². The Labute approximate surface area is 125 Å². The number of pyridine rings is 2. The topological polar surface area (TPSA) is 106 Å². The molecule has 3 heterocycles. The monoisotopic (exact) mass is 290 g/mol. The molecule has 0 bridgehead atoms. The van der Waals surface area contributed by atoms with Gasteiger partial charge in [0.15, 0.2) is 0 Å². The number of nitrogens with two attached hydrogens (primary N) is 1. The third-order valence-corrected chi connectivity index (χ3v) is 3.08. The van der Waals surface area contributed by atoms with E-state index in [1.54, 1.807) is 36.8 Å². The van der Waals surface area contributed by atoms with E-state index in [0.717, 1.165) is 16.5 Å². The van der Waals surface area contributed by atoms with Gasteiger partial charge >= 0.3 is 0 Å². The molecule has 0 saturated carbocycles. The molecule has 3 aromatic heterocycles. The Kier molecular flexibility index (Phi) is 3.38. The van der Waals surface area contributed by atoms with Crippen LogP contribution in [0.2, 0.25) is 0 Å². The Balaban J connectivity index is 2.07. The number of rotatable bonds is 3. The maximum atomic E-state index is 11.1. The number of carbonyl (C=O) groups is 1. The molecule has 0 spiro atoms. The van der Waals surface area contributed by atoms with Crippen LogP contribution in [0.5, 0.6) is 0 Å². The summed E-state index contributed by atoms with van der Waals surface area (Å²) in [7, 11) is 0. The number of amides is 1. The van der Waals surface area contributed by atoms with Gasteiger partial charge in [-0.25, -0.2) is 0 Å². The molecule has 0 saturated heterocycles. The highest BCUT2D eigenvalue weighted by molar-refractivity contribution is 6.00. The van der Waals surface area contributed by atoms with Gasteiger partial charge in [-0.05, 0) is 24.3 Å². The molecule has 3 aromatic rings. The molecule has 6 heteroatoms. The third kappa shape index (κ3) is 2.43. The maximum absolute atomic E-state index is 11.1. The van der Waals surface area contributed by atoms with Crippen molar-refractivity contribution in [1.82, 2.24) is 9.97 Å². The number of carbonyl (C=O) groups excluding carboxylic acids is 1. The van der Waals surface area contributed by atoms with E-state index < -0.39 is 5.91 Å². The minimum atomic E-state index is -0.797. The number of aromatic nitrogens is 2. The first-order valence-corrected chi connectivity index (χ1v) is 6.39. The SMILES string of the molecule is N#C/C(=C\c1ccc(-c2cncc3cccnc23)o1)C(N)=O. The zero-order valence-electron chi connectivity index (χ0n) is 11.4. The molecule has 0 aliphatic rings. The first-order chi connectivity index (χ1) is 10.7. The fraction of sp³-hybridized carbons (Fsp3) is 0. The highest BCUT2D eigenvalue weighted by Gasteiger charge is 2.11. The number of nitriles is 1. The minimum Gasteiger partial charge on any atom is -0.457 e. The van der Waals surface area contributed by atoms with Crippen LogP contribution in [-0.4, -0.2) is 15.9 Å². The van der Waals surface area contributed by atoms with E-state index in [1.165, 1.54) is 6.08 Å². The third-order valence-electron chi connectivity index (χ3n) is 3.08. The highest BCUT2D eigenvalue weighted by Crippen LogP contribution is 2.28. The lowest BCUT2D eigenvalue weighted by molar-refractivity contribution is -0.114. The molecule has 3 rings (SSSR count). The average Bonchev–Trinajstić information content (AvgIpc) is 3.00. The van der Waals surface area contributed by atoms with Gasteiger partial charge in [0.25, 0.3) is 5.91 Å². The van der Waals surface area contributed by atoms with Crippen LogP contribution in [0, 0.1) is 11.3 Å². The lowest BCUT2D eigenvalue weighted by Gasteiger charge is -2.01. The van der Waals surface area contributed by atoms with Crippen molar-refractivity contribution in [3.8, 4) is 17.4 Å². The Morgan fingerprint density at radius 2 is 2.18 bits per heavy atom. The van der Waals surface area contributed by atoms with Crippen molar-refractivity contribution in [2.75, 3.05) is 0 Å². The van der Waals surface area contributed by atoms with Gasteiger partial charge in [0.2, 0.25) is 0 Å². The Bertz CT molecular complexity index is 929. The summed E-state index contributed by atoms with van der Waals surface area (Å²) in [6, 6.07) is 8.85. The van der Waals surface area contributed by atoms with E-state index in [9.17, 15) is 4.79 Å². The van der Waals surface area contributed by atoms with Crippen molar-refractivity contribution in [1.29, 1.82) is 5.26 Å². The predicted molar refractivity (Wildman–Crippen MR) is 80.0 cm³/mol. The van der Waals surface area contributed by atoms with Gasteiger partial charge in [0.05, 0.1) is 11.1 Å². The second kappa shape index (κ2) is 5.50. The summed E-state index contributed by atoms with van der Waals surface area (Å²) in [5, 5.41) is 9.73. The Hall–Kier alpha value is -3.46. The summed E-state index contributed by atoms with van der Waals surface area (Å²) >= 11 is 0. The number of primary amides is 1. The number of hydrogen-bond donors (Lipinski definition) is 1. The average molecular weight is 290 g/mol. The van der Waals surface area contributed by atoms with Gasteiger partial charge in [0.1, 0.15) is 23.2 Å². The van der Waals surface area contributed by atoms with Gasteiger partial charge < -0.3 is 10.2 Å². The molecule has 106 valence electrons. The molecule has 1 amide bonds. The van der Waals surface area contributed by atoms with E-state index in [0.29, 0.717) is 11.5 Å². The molecule has 0 aliphatic carbocycles. The second-order valence-corrected chi connectivity index (χ2v) is 4.50. The second-order valence-electron chi connectivity index (χ2n) is 4.50. The number of furan rings is 1. The van der Waals surface area contributed by atoms with Crippen LogP contribution in [0.4, 0.5) is 0 Å². The molecule has 0 unspecified atom stereocenters. The summed E-state index contributed by atoms with van der Waals surface area (Å²) < 4.78 is 5.65. The molecule has 0 radical (unpaired) electrons. The first-order valence-electron chi connectivity index (χ1n) is 6.39. The van der Waals surface area contributed by atoms with E-state index >= 15 is 0 Å². The maximum Gasteiger partial charge on any atom is 0.259 e. The molecular weight excluding hydrogens is 280 g/mol. The molecule has 22 heavy (non-hydrogen) atoms. The van der Waals surface area contributed by atoms with Crippen LogP contribution in [0.15, 0.2) is 52.8 Å². The van der Waals surface area contributed by atoms with Gasteiger partial charge in [-0.1, -0.05) is 0 Å². The van der Waals surface area contributed by atoms with E-state index in [2.05, 4.69) is 9.97 Å². The largest absolute Gasteiger partial charge is 0.457 e. The van der Waals surface area contributed by atoms with Crippen molar-refractivity contribution in [2.24, 2.45) is 5.73 Å². The van der Waals surface area contributed by atoms with Crippen molar-refractivity contribution in [3.63, 3.8) is 0 Å². The summed E-state index contributed by atoms with van der Waals surface area (Å²) in [5.74, 6) is 0.108. The van der Waals surface area contributed by atoms with Crippen LogP contribution < -0.4 is 5.73 Å². The fourth-order valence-corrected chi connectivity index (χ4v) is 2.06. The van der Waals surface area contributed by atoms with Gasteiger partial charge in [-0.15, -0.1) is 0 Å². The molecule has 0 fully saturated rings. The zero-order valence-corrected chi connectivity index (χ0v) is 11.4. The van der Waals surface area contributed by atoms with Gasteiger partial charge in [-0.2, -0.15) is 5.26 Å². The van der Waals surface area contributed by atoms with Crippen LogP contribution >= 0.6 is 0 Å². The smallest absolute Gasteiger partial charge is 0.259 e. The highest BCUT2D eigenvalue weighted by atomic mass is 16.3.